The van der Waals surface area contributed by atoms with Crippen LogP contribution in [0.25, 0.3) is 0 Å². The summed E-state index contributed by atoms with van der Waals surface area (Å²) >= 11 is 11.3. The number of nitrogens with one attached hydrogen (secondary N) is 2. The van der Waals surface area contributed by atoms with Gasteiger partial charge in [-0.05, 0) is 24.3 Å². The fourth-order valence-electron chi connectivity index (χ4n) is 1.64. The molecular formula is C14H8Cl2F2N2O2. The Hall–Kier alpha value is -2.18. The third-order valence-corrected chi connectivity index (χ3v) is 3.13. The standard InChI is InChI=1S/C14H8Cl2F2N2O2/c15-7-5-9(17)12(10(18)6-7)13(21)20-14(22)19-11-4-2-1-3-8(11)16/h1-6H,(H2,19,20,21,22). The van der Waals surface area contributed by atoms with Crippen molar-refractivity contribution in [2.75, 3.05) is 5.32 Å². The Morgan fingerprint density at radius 3 is 2.18 bits per heavy atom. The molecule has 2 rings (SSSR count). The van der Waals surface area contributed by atoms with Gasteiger partial charge in [-0.2, -0.15) is 0 Å². The van der Waals surface area contributed by atoms with E-state index in [0.29, 0.717) is 0 Å². The number of anilines is 1. The lowest BCUT2D eigenvalue weighted by molar-refractivity contribution is 0.0959. The van der Waals surface area contributed by atoms with Crippen molar-refractivity contribution in [3.8, 4) is 0 Å². The Morgan fingerprint density at radius 2 is 1.59 bits per heavy atom. The van der Waals surface area contributed by atoms with Crippen LogP contribution in [0.15, 0.2) is 36.4 Å². The minimum absolute atomic E-state index is 0.202. The molecule has 2 N–H and O–H groups in total. The molecule has 0 saturated carbocycles. The summed E-state index contributed by atoms with van der Waals surface area (Å²) in [5, 5.41) is 4.13. The molecule has 0 aromatic heterocycles. The molecule has 0 unspecified atom stereocenters. The largest absolute Gasteiger partial charge is 0.326 e. The lowest BCUT2D eigenvalue weighted by Crippen LogP contribution is -2.35. The first-order valence-corrected chi connectivity index (χ1v) is 6.65. The minimum Gasteiger partial charge on any atom is -0.306 e. The lowest BCUT2D eigenvalue weighted by Gasteiger charge is -2.09. The lowest BCUT2D eigenvalue weighted by atomic mass is 10.2. The predicted octanol–water partition coefficient (Wildman–Crippen LogP) is 4.23. The van der Waals surface area contributed by atoms with Crippen LogP contribution in [0.2, 0.25) is 10.0 Å². The quantitative estimate of drug-likeness (QED) is 0.856. The summed E-state index contributed by atoms with van der Waals surface area (Å²) in [7, 11) is 0. The third kappa shape index (κ3) is 3.72. The Bertz CT molecular complexity index is 730. The Labute approximate surface area is 134 Å². The van der Waals surface area contributed by atoms with E-state index in [1.165, 1.54) is 12.1 Å². The molecule has 3 amide bonds. The first kappa shape index (κ1) is 16.2. The molecule has 2 aromatic carbocycles. The monoisotopic (exact) mass is 344 g/mol. The van der Waals surface area contributed by atoms with Gasteiger partial charge in [-0.1, -0.05) is 35.3 Å². The number of amides is 3. The van der Waals surface area contributed by atoms with E-state index in [2.05, 4.69) is 5.32 Å². The number of carbonyl (C=O) groups excluding carboxylic acids is 2. The van der Waals surface area contributed by atoms with Gasteiger partial charge in [0.2, 0.25) is 0 Å². The summed E-state index contributed by atoms with van der Waals surface area (Å²) in [5.41, 5.74) is -0.662. The summed E-state index contributed by atoms with van der Waals surface area (Å²) in [6.45, 7) is 0. The number of benzene rings is 2. The molecule has 0 atom stereocenters. The number of imide groups is 1. The van der Waals surface area contributed by atoms with Crippen molar-refractivity contribution in [2.45, 2.75) is 0 Å². The normalized spacial score (nSPS) is 10.2. The van der Waals surface area contributed by atoms with Gasteiger partial charge in [0.15, 0.2) is 0 Å². The number of halogens is 4. The maximum atomic E-state index is 13.6. The molecule has 2 aromatic rings. The van der Waals surface area contributed by atoms with Gasteiger partial charge in [-0.3, -0.25) is 10.1 Å². The highest BCUT2D eigenvalue weighted by molar-refractivity contribution is 6.33. The van der Waals surface area contributed by atoms with Gasteiger partial charge in [0.1, 0.15) is 17.2 Å². The summed E-state index contributed by atoms with van der Waals surface area (Å²) < 4.78 is 27.1. The summed E-state index contributed by atoms with van der Waals surface area (Å²) in [6, 6.07) is 6.84. The first-order valence-electron chi connectivity index (χ1n) is 5.90. The number of hydrogen-bond donors (Lipinski definition) is 2. The molecule has 8 heteroatoms. The fourth-order valence-corrected chi connectivity index (χ4v) is 2.02. The van der Waals surface area contributed by atoms with Crippen molar-refractivity contribution in [3.63, 3.8) is 0 Å². The molecule has 0 spiro atoms. The average molecular weight is 345 g/mol. The van der Waals surface area contributed by atoms with Crippen LogP contribution in [0, 0.1) is 11.6 Å². The molecule has 0 aliphatic rings. The molecular weight excluding hydrogens is 337 g/mol. The van der Waals surface area contributed by atoms with Crippen LogP contribution < -0.4 is 10.6 Å². The van der Waals surface area contributed by atoms with Crippen LogP contribution in [0.5, 0.6) is 0 Å². The first-order chi connectivity index (χ1) is 10.4. The maximum Gasteiger partial charge on any atom is 0.326 e. The molecule has 0 fully saturated rings. The Kier molecular flexibility index (Phi) is 4.95. The topological polar surface area (TPSA) is 58.2 Å². The highest BCUT2D eigenvalue weighted by atomic mass is 35.5. The molecule has 0 radical (unpaired) electrons. The van der Waals surface area contributed by atoms with Crippen molar-refractivity contribution < 1.29 is 18.4 Å². The van der Waals surface area contributed by atoms with Gasteiger partial charge in [-0.25, -0.2) is 13.6 Å². The van der Waals surface area contributed by atoms with E-state index in [9.17, 15) is 18.4 Å². The van der Waals surface area contributed by atoms with Crippen LogP contribution in [-0.2, 0) is 0 Å². The van der Waals surface area contributed by atoms with Crippen LogP contribution in [0.1, 0.15) is 10.4 Å². The second-order valence-electron chi connectivity index (χ2n) is 4.13. The van der Waals surface area contributed by atoms with E-state index in [0.717, 1.165) is 12.1 Å². The molecule has 0 aliphatic carbocycles. The van der Waals surface area contributed by atoms with E-state index in [1.54, 1.807) is 17.4 Å². The number of rotatable bonds is 2. The zero-order valence-corrected chi connectivity index (χ0v) is 12.3. The smallest absolute Gasteiger partial charge is 0.306 e. The van der Waals surface area contributed by atoms with Crippen molar-refractivity contribution in [3.05, 3.63) is 63.6 Å². The van der Waals surface area contributed by atoms with Crippen molar-refractivity contribution in [1.29, 1.82) is 0 Å². The van der Waals surface area contributed by atoms with Crippen molar-refractivity contribution >= 4 is 40.8 Å². The van der Waals surface area contributed by atoms with Crippen LogP contribution in [0.4, 0.5) is 19.3 Å². The van der Waals surface area contributed by atoms with Crippen LogP contribution in [-0.4, -0.2) is 11.9 Å². The van der Waals surface area contributed by atoms with E-state index in [4.69, 9.17) is 23.2 Å². The number of urea groups is 1. The Balaban J connectivity index is 2.13. The van der Waals surface area contributed by atoms with E-state index >= 15 is 0 Å². The highest BCUT2D eigenvalue weighted by Gasteiger charge is 2.20. The molecule has 0 saturated heterocycles. The Morgan fingerprint density at radius 1 is 1.00 bits per heavy atom. The van der Waals surface area contributed by atoms with Gasteiger partial charge in [0, 0.05) is 5.02 Å². The van der Waals surface area contributed by atoms with Crippen molar-refractivity contribution in [2.24, 2.45) is 0 Å². The molecule has 0 aliphatic heterocycles. The van der Waals surface area contributed by atoms with Gasteiger partial charge >= 0.3 is 6.03 Å². The van der Waals surface area contributed by atoms with Gasteiger partial charge < -0.3 is 5.32 Å². The second kappa shape index (κ2) is 6.72. The number of hydrogen-bond acceptors (Lipinski definition) is 2. The maximum absolute atomic E-state index is 13.6. The second-order valence-corrected chi connectivity index (χ2v) is 4.98. The van der Waals surface area contributed by atoms with Crippen LogP contribution in [0.3, 0.4) is 0 Å². The minimum atomic E-state index is -1.24. The average Bonchev–Trinajstić information content (AvgIpc) is 2.40. The van der Waals surface area contributed by atoms with E-state index in [1.807, 2.05) is 0 Å². The molecule has 0 heterocycles. The van der Waals surface area contributed by atoms with Gasteiger partial charge in [0.05, 0.1) is 10.7 Å². The highest BCUT2D eigenvalue weighted by Crippen LogP contribution is 2.21. The molecule has 0 bridgehead atoms. The number of carbonyl (C=O) groups is 2. The van der Waals surface area contributed by atoms with E-state index in [-0.39, 0.29) is 15.7 Å². The third-order valence-electron chi connectivity index (χ3n) is 2.58. The SMILES string of the molecule is O=C(NC(=O)c1c(F)cc(Cl)cc1F)Nc1ccccc1Cl. The molecule has 22 heavy (non-hydrogen) atoms. The summed E-state index contributed by atoms with van der Waals surface area (Å²) in [6.07, 6.45) is 0. The van der Waals surface area contributed by atoms with Crippen molar-refractivity contribution in [1.82, 2.24) is 5.32 Å². The van der Waals surface area contributed by atoms with Gasteiger partial charge in [-0.15, -0.1) is 0 Å². The summed E-state index contributed by atoms with van der Waals surface area (Å²) in [4.78, 5) is 23.4. The predicted molar refractivity (Wildman–Crippen MR) is 79.3 cm³/mol. The van der Waals surface area contributed by atoms with E-state index < -0.39 is 29.1 Å². The fraction of sp³-hybridized carbons (Fsp3) is 0. The van der Waals surface area contributed by atoms with Crippen LogP contribution >= 0.6 is 23.2 Å². The summed E-state index contributed by atoms with van der Waals surface area (Å²) in [5.74, 6) is -3.59. The van der Waals surface area contributed by atoms with Gasteiger partial charge in [0.25, 0.3) is 5.91 Å². The zero-order chi connectivity index (χ0) is 16.3. The molecule has 114 valence electrons. The zero-order valence-electron chi connectivity index (χ0n) is 10.8. The molecule has 4 nitrogen and oxygen atoms in total. The number of para-hydroxylation sites is 1.